The summed E-state index contributed by atoms with van der Waals surface area (Å²) < 4.78 is 5.55. The van der Waals surface area contributed by atoms with Gasteiger partial charge >= 0.3 is 0 Å². The minimum absolute atomic E-state index is 0.0832. The van der Waals surface area contributed by atoms with Gasteiger partial charge in [0, 0.05) is 43.6 Å². The molecule has 27 heavy (non-hydrogen) atoms. The van der Waals surface area contributed by atoms with Gasteiger partial charge in [-0.3, -0.25) is 4.90 Å². The van der Waals surface area contributed by atoms with Gasteiger partial charge in [-0.15, -0.1) is 0 Å². The number of aryl methyl sites for hydroxylation is 1. The van der Waals surface area contributed by atoms with Gasteiger partial charge in [0.15, 0.2) is 0 Å². The van der Waals surface area contributed by atoms with Gasteiger partial charge in [-0.1, -0.05) is 46.6 Å². The summed E-state index contributed by atoms with van der Waals surface area (Å²) in [4.78, 5) is 13.4. The third-order valence-electron chi connectivity index (χ3n) is 5.05. The molecule has 3 aromatic rings. The molecule has 1 atom stereocenters. The van der Waals surface area contributed by atoms with Crippen LogP contribution in [0.3, 0.4) is 0 Å². The second-order valence-electron chi connectivity index (χ2n) is 6.86. The average molecular weight is 384 g/mol. The van der Waals surface area contributed by atoms with Gasteiger partial charge in [0.05, 0.1) is 6.04 Å². The van der Waals surface area contributed by atoms with Crippen LogP contribution in [0.25, 0.3) is 11.4 Å². The molecule has 0 radical (unpaired) electrons. The molecule has 4 rings (SSSR count). The minimum atomic E-state index is 0.0832. The molecule has 1 aliphatic rings. The number of benzene rings is 1. The van der Waals surface area contributed by atoms with E-state index in [2.05, 4.69) is 50.9 Å². The Bertz CT molecular complexity index is 903. The molecule has 3 heterocycles. The highest BCUT2D eigenvalue weighted by atomic mass is 35.5. The second kappa shape index (κ2) is 7.66. The Balaban J connectivity index is 1.41. The Hall–Kier alpha value is -2.44. The molecule has 2 aromatic heterocycles. The maximum atomic E-state index is 6.01. The molecule has 0 amide bonds. The van der Waals surface area contributed by atoms with Crippen molar-refractivity contribution in [2.75, 3.05) is 31.1 Å². The molecule has 0 N–H and O–H groups in total. The van der Waals surface area contributed by atoms with Gasteiger partial charge in [0.25, 0.3) is 0 Å². The Kier molecular flexibility index (Phi) is 5.09. The fraction of sp³-hybridized carbons (Fsp3) is 0.350. The monoisotopic (exact) mass is 383 g/mol. The highest BCUT2D eigenvalue weighted by molar-refractivity contribution is 6.29. The molecule has 1 aliphatic heterocycles. The van der Waals surface area contributed by atoms with E-state index in [0.717, 1.165) is 37.4 Å². The normalized spacial score (nSPS) is 16.5. The Morgan fingerprint density at radius 3 is 2.52 bits per heavy atom. The summed E-state index contributed by atoms with van der Waals surface area (Å²) >= 11 is 6.01. The number of hydrogen-bond donors (Lipinski definition) is 0. The van der Waals surface area contributed by atoms with Crippen LogP contribution >= 0.6 is 11.6 Å². The zero-order valence-corrected chi connectivity index (χ0v) is 16.2. The summed E-state index contributed by atoms with van der Waals surface area (Å²) in [5, 5.41) is 4.69. The van der Waals surface area contributed by atoms with Crippen molar-refractivity contribution in [3.8, 4) is 11.4 Å². The van der Waals surface area contributed by atoms with E-state index in [4.69, 9.17) is 16.1 Å². The topological polar surface area (TPSA) is 58.3 Å². The molecule has 1 unspecified atom stereocenters. The van der Waals surface area contributed by atoms with Gasteiger partial charge < -0.3 is 9.42 Å². The van der Waals surface area contributed by atoms with Crippen LogP contribution in [-0.2, 0) is 0 Å². The molecular formula is C20H22ClN5O. The molecule has 1 fully saturated rings. The molecular weight excluding hydrogens is 362 g/mol. The lowest BCUT2D eigenvalue weighted by atomic mass is 10.1. The van der Waals surface area contributed by atoms with Crippen molar-refractivity contribution >= 4 is 17.3 Å². The van der Waals surface area contributed by atoms with E-state index in [0.29, 0.717) is 16.9 Å². The highest BCUT2D eigenvalue weighted by Gasteiger charge is 2.26. The summed E-state index contributed by atoms with van der Waals surface area (Å²) in [6.07, 6.45) is 1.75. The number of rotatable bonds is 4. The number of aromatic nitrogens is 3. The first kappa shape index (κ1) is 17.9. The Morgan fingerprint density at radius 2 is 1.81 bits per heavy atom. The van der Waals surface area contributed by atoms with Crippen LogP contribution in [0.2, 0.25) is 5.15 Å². The van der Waals surface area contributed by atoms with Gasteiger partial charge in [0.1, 0.15) is 5.15 Å². The van der Waals surface area contributed by atoms with Crippen molar-refractivity contribution in [3.63, 3.8) is 0 Å². The zero-order chi connectivity index (χ0) is 18.8. The maximum absolute atomic E-state index is 6.01. The van der Waals surface area contributed by atoms with Gasteiger partial charge in [0.2, 0.25) is 11.7 Å². The van der Waals surface area contributed by atoms with Crippen LogP contribution in [0.1, 0.15) is 24.4 Å². The Labute approximate surface area is 163 Å². The second-order valence-corrected chi connectivity index (χ2v) is 7.25. The lowest BCUT2D eigenvalue weighted by Crippen LogP contribution is -2.47. The molecule has 6 nitrogen and oxygen atoms in total. The van der Waals surface area contributed by atoms with Crippen LogP contribution in [-0.4, -0.2) is 46.2 Å². The van der Waals surface area contributed by atoms with Crippen LogP contribution in [0.4, 0.5) is 5.69 Å². The highest BCUT2D eigenvalue weighted by Crippen LogP contribution is 2.25. The summed E-state index contributed by atoms with van der Waals surface area (Å²) in [5.74, 6) is 1.30. The molecule has 1 aromatic carbocycles. The van der Waals surface area contributed by atoms with Crippen molar-refractivity contribution in [2.45, 2.75) is 19.9 Å². The summed E-state index contributed by atoms with van der Waals surface area (Å²) in [6.45, 7) is 7.86. The number of anilines is 1. The van der Waals surface area contributed by atoms with Crippen molar-refractivity contribution in [2.24, 2.45) is 0 Å². The van der Waals surface area contributed by atoms with Crippen LogP contribution in [0.5, 0.6) is 0 Å². The summed E-state index contributed by atoms with van der Waals surface area (Å²) in [6, 6.07) is 12.1. The van der Waals surface area contributed by atoms with Crippen molar-refractivity contribution in [1.82, 2.24) is 20.0 Å². The third kappa shape index (κ3) is 3.96. The van der Waals surface area contributed by atoms with E-state index in [1.807, 2.05) is 24.3 Å². The van der Waals surface area contributed by atoms with Gasteiger partial charge in [-0.2, -0.15) is 4.98 Å². The van der Waals surface area contributed by atoms with Gasteiger partial charge in [-0.25, -0.2) is 4.98 Å². The van der Waals surface area contributed by atoms with Crippen molar-refractivity contribution in [1.29, 1.82) is 0 Å². The zero-order valence-electron chi connectivity index (χ0n) is 15.5. The lowest BCUT2D eigenvalue weighted by Gasteiger charge is -2.38. The first-order chi connectivity index (χ1) is 13.1. The van der Waals surface area contributed by atoms with Crippen LogP contribution in [0.15, 0.2) is 47.1 Å². The van der Waals surface area contributed by atoms with E-state index in [9.17, 15) is 0 Å². The SMILES string of the molecule is Cc1ccc(-c2noc(C(C)N3CCN(c4ccnc(Cl)c4)CC3)n2)cc1. The van der Waals surface area contributed by atoms with E-state index < -0.39 is 0 Å². The molecule has 0 aliphatic carbocycles. The summed E-state index contributed by atoms with van der Waals surface area (Å²) in [5.41, 5.74) is 3.30. The number of piperazine rings is 1. The number of halogens is 1. The van der Waals surface area contributed by atoms with E-state index >= 15 is 0 Å². The minimum Gasteiger partial charge on any atom is -0.369 e. The molecule has 0 bridgehead atoms. The first-order valence-electron chi connectivity index (χ1n) is 9.11. The molecule has 1 saturated heterocycles. The number of pyridine rings is 1. The van der Waals surface area contributed by atoms with E-state index in [-0.39, 0.29) is 6.04 Å². The quantitative estimate of drug-likeness (QED) is 0.635. The average Bonchev–Trinajstić information content (AvgIpc) is 3.18. The fourth-order valence-corrected chi connectivity index (χ4v) is 3.51. The van der Waals surface area contributed by atoms with E-state index in [1.54, 1.807) is 6.20 Å². The largest absolute Gasteiger partial charge is 0.369 e. The predicted octanol–water partition coefficient (Wildman–Crippen LogP) is 3.98. The van der Waals surface area contributed by atoms with Crippen LogP contribution < -0.4 is 4.90 Å². The third-order valence-corrected chi connectivity index (χ3v) is 5.25. The smallest absolute Gasteiger partial charge is 0.244 e. The fourth-order valence-electron chi connectivity index (χ4n) is 3.34. The summed E-state index contributed by atoms with van der Waals surface area (Å²) in [7, 11) is 0. The molecule has 0 spiro atoms. The molecule has 140 valence electrons. The first-order valence-corrected chi connectivity index (χ1v) is 9.49. The van der Waals surface area contributed by atoms with Crippen molar-refractivity contribution in [3.05, 3.63) is 59.2 Å². The lowest BCUT2D eigenvalue weighted by molar-refractivity contribution is 0.164. The number of nitrogens with zero attached hydrogens (tertiary/aromatic N) is 5. The maximum Gasteiger partial charge on any atom is 0.244 e. The molecule has 0 saturated carbocycles. The van der Waals surface area contributed by atoms with Gasteiger partial charge in [-0.05, 0) is 26.0 Å². The number of hydrogen-bond acceptors (Lipinski definition) is 6. The van der Waals surface area contributed by atoms with Crippen molar-refractivity contribution < 1.29 is 4.52 Å². The molecule has 7 heteroatoms. The van der Waals surface area contributed by atoms with E-state index in [1.165, 1.54) is 5.56 Å². The predicted molar refractivity (Wildman–Crippen MR) is 106 cm³/mol. The van der Waals surface area contributed by atoms with Crippen LogP contribution in [0, 0.1) is 6.92 Å². The Morgan fingerprint density at radius 1 is 1.07 bits per heavy atom. The standard InChI is InChI=1S/C20H22ClN5O/c1-14-3-5-16(6-4-14)19-23-20(27-24-19)15(2)25-9-11-26(12-10-25)17-7-8-22-18(21)13-17/h3-8,13,15H,9-12H2,1-2H3.